The zero-order valence-electron chi connectivity index (χ0n) is 16.7. The molecular weight excluding hydrogens is 418 g/mol. The summed E-state index contributed by atoms with van der Waals surface area (Å²) in [5, 5.41) is 5.61. The second-order valence-electron chi connectivity index (χ2n) is 7.16. The first-order chi connectivity index (χ1) is 15.0. The molecule has 1 aromatic heterocycles. The molecule has 4 rings (SSSR count). The third-order valence-electron chi connectivity index (χ3n) is 5.25. The van der Waals surface area contributed by atoms with Crippen LogP contribution < -0.4 is 10.6 Å². The Morgan fingerprint density at radius 3 is 2.55 bits per heavy atom. The molecule has 2 heterocycles. The highest BCUT2D eigenvalue weighted by Crippen LogP contribution is 2.27. The number of furan rings is 1. The maximum atomic E-state index is 13.2. The molecule has 1 atom stereocenters. The maximum absolute atomic E-state index is 13.2. The summed E-state index contributed by atoms with van der Waals surface area (Å²) in [5.74, 6) is -0.908. The van der Waals surface area contributed by atoms with Crippen molar-refractivity contribution in [3.05, 3.63) is 88.3 Å². The number of hydrogen-bond donors (Lipinski definition) is 2. The summed E-state index contributed by atoms with van der Waals surface area (Å²) in [7, 11) is 1.50. The molecule has 0 aliphatic carbocycles. The van der Waals surface area contributed by atoms with E-state index in [1.807, 2.05) is 24.3 Å². The van der Waals surface area contributed by atoms with Crippen LogP contribution in [0, 0.1) is 0 Å². The molecule has 0 spiro atoms. The van der Waals surface area contributed by atoms with Crippen LogP contribution in [0.3, 0.4) is 0 Å². The van der Waals surface area contributed by atoms with Gasteiger partial charge in [0, 0.05) is 25.7 Å². The van der Waals surface area contributed by atoms with Gasteiger partial charge < -0.3 is 20.0 Å². The summed E-state index contributed by atoms with van der Waals surface area (Å²) in [4.78, 5) is 39.8. The number of carbonyl (C=O) groups is 3. The van der Waals surface area contributed by atoms with Gasteiger partial charge in [0.2, 0.25) is 5.91 Å². The van der Waals surface area contributed by atoms with Gasteiger partial charge >= 0.3 is 0 Å². The van der Waals surface area contributed by atoms with Crippen LogP contribution in [0.2, 0.25) is 5.02 Å². The van der Waals surface area contributed by atoms with E-state index in [0.29, 0.717) is 12.1 Å². The Labute approximate surface area is 184 Å². The largest absolute Gasteiger partial charge is 0.459 e. The minimum absolute atomic E-state index is 0.172. The van der Waals surface area contributed by atoms with Crippen LogP contribution in [-0.4, -0.2) is 35.7 Å². The lowest BCUT2D eigenvalue weighted by Gasteiger charge is -2.35. The van der Waals surface area contributed by atoms with Crippen LogP contribution in [0.15, 0.2) is 65.3 Å². The molecule has 3 amide bonds. The van der Waals surface area contributed by atoms with Crippen molar-refractivity contribution in [3.63, 3.8) is 0 Å². The number of halogens is 1. The van der Waals surface area contributed by atoms with Crippen molar-refractivity contribution in [1.29, 1.82) is 0 Å². The summed E-state index contributed by atoms with van der Waals surface area (Å²) in [6.45, 7) is 0.290. The van der Waals surface area contributed by atoms with Crippen molar-refractivity contribution in [2.75, 3.05) is 12.4 Å². The fourth-order valence-electron chi connectivity index (χ4n) is 3.65. The zero-order chi connectivity index (χ0) is 22.0. The number of amides is 3. The lowest BCUT2D eigenvalue weighted by atomic mass is 9.93. The maximum Gasteiger partial charge on any atom is 0.290 e. The number of nitrogens with one attached hydrogen (secondary N) is 2. The normalized spacial score (nSPS) is 15.2. The van der Waals surface area contributed by atoms with E-state index in [4.69, 9.17) is 16.0 Å². The molecule has 158 valence electrons. The van der Waals surface area contributed by atoms with E-state index in [9.17, 15) is 14.4 Å². The lowest BCUT2D eigenvalue weighted by molar-refractivity contribution is -0.121. The Bertz CT molecular complexity index is 1140. The van der Waals surface area contributed by atoms with Crippen molar-refractivity contribution >= 4 is 35.0 Å². The SMILES string of the molecule is CNC(=O)c1cc(NC(=O)C2Cc3ccccc3CN2C(=O)c2ccco2)ccc1Cl. The molecular formula is C23H20ClN3O4. The molecule has 0 bridgehead atoms. The number of benzene rings is 2. The van der Waals surface area contributed by atoms with Gasteiger partial charge in [-0.2, -0.15) is 0 Å². The highest BCUT2D eigenvalue weighted by molar-refractivity contribution is 6.34. The molecule has 0 radical (unpaired) electrons. The minimum atomic E-state index is -0.744. The summed E-state index contributed by atoms with van der Waals surface area (Å²) in [6, 6.07) is 14.8. The average molecular weight is 438 g/mol. The van der Waals surface area contributed by atoms with Gasteiger partial charge in [0.1, 0.15) is 6.04 Å². The van der Waals surface area contributed by atoms with Gasteiger partial charge in [-0.1, -0.05) is 35.9 Å². The topological polar surface area (TPSA) is 91.7 Å². The smallest absolute Gasteiger partial charge is 0.290 e. The second kappa shape index (κ2) is 8.65. The van der Waals surface area contributed by atoms with Gasteiger partial charge in [0.15, 0.2) is 5.76 Å². The van der Waals surface area contributed by atoms with Crippen LogP contribution in [0.4, 0.5) is 5.69 Å². The molecule has 1 aliphatic rings. The van der Waals surface area contributed by atoms with Crippen LogP contribution in [0.5, 0.6) is 0 Å². The first-order valence-corrected chi connectivity index (χ1v) is 10.1. The lowest BCUT2D eigenvalue weighted by Crippen LogP contribution is -2.50. The average Bonchev–Trinajstić information content (AvgIpc) is 3.33. The molecule has 8 heteroatoms. The molecule has 2 aromatic carbocycles. The van der Waals surface area contributed by atoms with Crippen molar-refractivity contribution in [1.82, 2.24) is 10.2 Å². The first-order valence-electron chi connectivity index (χ1n) is 9.71. The Morgan fingerprint density at radius 1 is 1.06 bits per heavy atom. The van der Waals surface area contributed by atoms with Gasteiger partial charge in [0.25, 0.3) is 11.8 Å². The Hall–Kier alpha value is -3.58. The number of hydrogen-bond acceptors (Lipinski definition) is 4. The Kier molecular flexibility index (Phi) is 5.77. The highest BCUT2D eigenvalue weighted by Gasteiger charge is 2.36. The van der Waals surface area contributed by atoms with Crippen molar-refractivity contribution in [3.8, 4) is 0 Å². The fraction of sp³-hybridized carbons (Fsp3) is 0.174. The third-order valence-corrected chi connectivity index (χ3v) is 5.58. The first kappa shape index (κ1) is 20.7. The number of nitrogens with zero attached hydrogens (tertiary/aromatic N) is 1. The molecule has 0 fully saturated rings. The predicted molar refractivity (Wildman–Crippen MR) is 116 cm³/mol. The third kappa shape index (κ3) is 4.18. The van der Waals surface area contributed by atoms with Crippen molar-refractivity contribution < 1.29 is 18.8 Å². The standard InChI is InChI=1S/C23H20ClN3O4/c1-25-21(28)17-12-16(8-9-18(17)24)26-22(29)19-11-14-5-2-3-6-15(14)13-27(19)23(30)20-7-4-10-31-20/h2-10,12,19H,11,13H2,1H3,(H,25,28)(H,26,29). The van der Waals surface area contributed by atoms with Gasteiger partial charge in [-0.15, -0.1) is 0 Å². The van der Waals surface area contributed by atoms with Crippen molar-refractivity contribution in [2.24, 2.45) is 0 Å². The van der Waals surface area contributed by atoms with Gasteiger partial charge in [-0.25, -0.2) is 0 Å². The van der Waals surface area contributed by atoms with Gasteiger partial charge in [-0.3, -0.25) is 14.4 Å². The van der Waals surface area contributed by atoms with Crippen LogP contribution in [0.1, 0.15) is 32.0 Å². The van der Waals surface area contributed by atoms with E-state index in [2.05, 4.69) is 10.6 Å². The van der Waals surface area contributed by atoms with E-state index >= 15 is 0 Å². The van der Waals surface area contributed by atoms with Crippen molar-refractivity contribution in [2.45, 2.75) is 19.0 Å². The molecule has 1 unspecified atom stereocenters. The van der Waals surface area contributed by atoms with Gasteiger partial charge in [0.05, 0.1) is 16.8 Å². The molecule has 0 saturated carbocycles. The number of rotatable bonds is 4. The van der Waals surface area contributed by atoms with E-state index < -0.39 is 6.04 Å². The quantitative estimate of drug-likeness (QED) is 0.653. The van der Waals surface area contributed by atoms with E-state index in [0.717, 1.165) is 11.1 Å². The molecule has 7 nitrogen and oxygen atoms in total. The summed E-state index contributed by atoms with van der Waals surface area (Å²) in [5.41, 5.74) is 2.66. The Morgan fingerprint density at radius 2 is 1.84 bits per heavy atom. The van der Waals surface area contributed by atoms with E-state index in [1.165, 1.54) is 24.3 Å². The molecule has 31 heavy (non-hydrogen) atoms. The van der Waals surface area contributed by atoms with Crippen LogP contribution in [-0.2, 0) is 17.8 Å². The summed E-state index contributed by atoms with van der Waals surface area (Å²) >= 11 is 6.10. The van der Waals surface area contributed by atoms with E-state index in [1.54, 1.807) is 24.3 Å². The Balaban J connectivity index is 1.63. The molecule has 0 saturated heterocycles. The summed E-state index contributed by atoms with van der Waals surface area (Å²) < 4.78 is 5.27. The second-order valence-corrected chi connectivity index (χ2v) is 7.57. The van der Waals surface area contributed by atoms with E-state index in [-0.39, 0.29) is 40.6 Å². The number of carbonyl (C=O) groups excluding carboxylic acids is 3. The monoisotopic (exact) mass is 437 g/mol. The van der Waals surface area contributed by atoms with Crippen LogP contribution >= 0.6 is 11.6 Å². The zero-order valence-corrected chi connectivity index (χ0v) is 17.5. The molecule has 3 aromatic rings. The highest BCUT2D eigenvalue weighted by atomic mass is 35.5. The number of fused-ring (bicyclic) bond motifs is 1. The minimum Gasteiger partial charge on any atom is -0.459 e. The van der Waals surface area contributed by atoms with Crippen LogP contribution in [0.25, 0.3) is 0 Å². The fourth-order valence-corrected chi connectivity index (χ4v) is 3.85. The summed E-state index contributed by atoms with van der Waals surface area (Å²) in [6.07, 6.45) is 1.79. The predicted octanol–water partition coefficient (Wildman–Crippen LogP) is 3.50. The molecule has 2 N–H and O–H groups in total. The van der Waals surface area contributed by atoms with Gasteiger partial charge in [-0.05, 0) is 41.5 Å². The molecule has 1 aliphatic heterocycles. The number of anilines is 1.